The predicted molar refractivity (Wildman–Crippen MR) is 68.9 cm³/mol. The van der Waals surface area contributed by atoms with Crippen molar-refractivity contribution >= 4 is 52.4 Å². The molecule has 7 heteroatoms. The third-order valence-electron chi connectivity index (χ3n) is 1.77. The smallest absolute Gasteiger partial charge is 0.306 e. The molecule has 17 heavy (non-hydrogen) atoms. The van der Waals surface area contributed by atoms with Crippen molar-refractivity contribution in [2.75, 3.05) is 5.32 Å². The van der Waals surface area contributed by atoms with Gasteiger partial charge in [0.05, 0.1) is 10.7 Å². The molecule has 1 unspecified atom stereocenters. The van der Waals surface area contributed by atoms with Crippen molar-refractivity contribution in [3.63, 3.8) is 0 Å². The normalized spacial score (nSPS) is 11.8. The van der Waals surface area contributed by atoms with Gasteiger partial charge in [0.15, 0.2) is 0 Å². The maximum Gasteiger partial charge on any atom is 0.325 e. The Morgan fingerprint density at radius 1 is 1.29 bits per heavy atom. The highest BCUT2D eigenvalue weighted by atomic mass is 35.5. The first-order valence-corrected chi connectivity index (χ1v) is 5.80. The molecular weight excluding hydrogens is 286 g/mol. The van der Waals surface area contributed by atoms with Crippen molar-refractivity contribution in [3.05, 3.63) is 28.2 Å². The van der Waals surface area contributed by atoms with Crippen molar-refractivity contribution in [1.29, 1.82) is 0 Å². The van der Waals surface area contributed by atoms with Crippen molar-refractivity contribution in [2.45, 2.75) is 12.3 Å². The summed E-state index contributed by atoms with van der Waals surface area (Å²) >= 11 is 17.1. The fourth-order valence-corrected chi connectivity index (χ4v) is 1.35. The highest BCUT2D eigenvalue weighted by molar-refractivity contribution is 6.36. The van der Waals surface area contributed by atoms with Crippen LogP contribution in [0.3, 0.4) is 0 Å². The number of amides is 3. The van der Waals surface area contributed by atoms with Crippen LogP contribution in [0.15, 0.2) is 18.2 Å². The lowest BCUT2D eigenvalue weighted by atomic mass is 10.3. The molecule has 0 fully saturated rings. The largest absolute Gasteiger partial charge is 0.325 e. The Balaban J connectivity index is 2.68. The quantitative estimate of drug-likeness (QED) is 0.823. The van der Waals surface area contributed by atoms with E-state index in [1.807, 2.05) is 0 Å². The minimum Gasteiger partial charge on any atom is -0.306 e. The molecule has 1 aromatic rings. The number of urea groups is 1. The molecule has 1 rings (SSSR count). The van der Waals surface area contributed by atoms with Gasteiger partial charge < -0.3 is 5.32 Å². The molecule has 0 aliphatic heterocycles. The van der Waals surface area contributed by atoms with Gasteiger partial charge in [-0.05, 0) is 25.1 Å². The van der Waals surface area contributed by atoms with Crippen LogP contribution in [0, 0.1) is 0 Å². The topological polar surface area (TPSA) is 58.2 Å². The summed E-state index contributed by atoms with van der Waals surface area (Å²) in [5.41, 5.74) is 0.312. The Morgan fingerprint density at radius 3 is 2.53 bits per heavy atom. The first-order chi connectivity index (χ1) is 7.90. The van der Waals surface area contributed by atoms with E-state index in [-0.39, 0.29) is 0 Å². The molecule has 1 atom stereocenters. The number of halogens is 3. The zero-order valence-corrected chi connectivity index (χ0v) is 11.0. The van der Waals surface area contributed by atoms with Gasteiger partial charge >= 0.3 is 6.03 Å². The number of benzene rings is 1. The van der Waals surface area contributed by atoms with Crippen LogP contribution in [0.2, 0.25) is 10.0 Å². The first-order valence-electron chi connectivity index (χ1n) is 4.61. The monoisotopic (exact) mass is 294 g/mol. The van der Waals surface area contributed by atoms with Gasteiger partial charge in [-0.1, -0.05) is 23.2 Å². The minimum absolute atomic E-state index is 0.312. The van der Waals surface area contributed by atoms with Gasteiger partial charge in [-0.3, -0.25) is 10.1 Å². The molecule has 0 aromatic heterocycles. The van der Waals surface area contributed by atoms with E-state index in [2.05, 4.69) is 10.6 Å². The Morgan fingerprint density at radius 2 is 1.94 bits per heavy atom. The third kappa shape index (κ3) is 4.42. The number of imide groups is 1. The van der Waals surface area contributed by atoms with E-state index in [0.717, 1.165) is 0 Å². The second kappa shape index (κ2) is 6.10. The maximum absolute atomic E-state index is 11.4. The average Bonchev–Trinajstić information content (AvgIpc) is 2.23. The highest BCUT2D eigenvalue weighted by Gasteiger charge is 2.13. The van der Waals surface area contributed by atoms with Gasteiger partial charge in [-0.2, -0.15) is 0 Å². The van der Waals surface area contributed by atoms with Gasteiger partial charge in [0, 0.05) is 5.02 Å². The Kier molecular flexibility index (Phi) is 5.05. The Hall–Kier alpha value is -0.970. The molecule has 0 heterocycles. The summed E-state index contributed by atoms with van der Waals surface area (Å²) in [6.45, 7) is 1.45. The Bertz CT molecular complexity index is 449. The zero-order valence-electron chi connectivity index (χ0n) is 8.76. The van der Waals surface area contributed by atoms with Gasteiger partial charge in [0.25, 0.3) is 0 Å². The van der Waals surface area contributed by atoms with Crippen molar-refractivity contribution in [2.24, 2.45) is 0 Å². The summed E-state index contributed by atoms with van der Waals surface area (Å²) in [5, 5.41) is 4.38. The number of carbonyl (C=O) groups is 2. The second-order valence-corrected chi connectivity index (χ2v) is 4.68. The number of nitrogens with one attached hydrogen (secondary N) is 2. The number of hydrogen-bond acceptors (Lipinski definition) is 2. The average molecular weight is 296 g/mol. The predicted octanol–water partition coefficient (Wildman–Crippen LogP) is 3.27. The third-order valence-corrected chi connectivity index (χ3v) is 2.54. The van der Waals surface area contributed by atoms with Crippen LogP contribution in [-0.4, -0.2) is 17.3 Å². The first kappa shape index (κ1) is 14.1. The van der Waals surface area contributed by atoms with Crippen LogP contribution in [0.4, 0.5) is 10.5 Å². The summed E-state index contributed by atoms with van der Waals surface area (Å²) < 4.78 is 0. The van der Waals surface area contributed by atoms with Crippen LogP contribution in [0.5, 0.6) is 0 Å². The van der Waals surface area contributed by atoms with E-state index in [1.165, 1.54) is 19.1 Å². The fourth-order valence-electron chi connectivity index (χ4n) is 0.958. The number of anilines is 1. The molecule has 4 nitrogen and oxygen atoms in total. The molecule has 0 aliphatic carbocycles. The number of carbonyl (C=O) groups excluding carboxylic acids is 2. The molecule has 2 N–H and O–H groups in total. The fraction of sp³-hybridized carbons (Fsp3) is 0.200. The SMILES string of the molecule is CC(Cl)C(=O)NC(=O)Nc1cc(Cl)ccc1Cl. The molecular formula is C10H9Cl3N2O2. The molecule has 0 spiro atoms. The summed E-state index contributed by atoms with van der Waals surface area (Å²) in [6.07, 6.45) is 0. The van der Waals surface area contributed by atoms with E-state index in [4.69, 9.17) is 34.8 Å². The van der Waals surface area contributed by atoms with Gasteiger partial charge in [0.2, 0.25) is 5.91 Å². The van der Waals surface area contributed by atoms with E-state index in [9.17, 15) is 9.59 Å². The zero-order chi connectivity index (χ0) is 13.0. The van der Waals surface area contributed by atoms with Crippen molar-refractivity contribution < 1.29 is 9.59 Å². The van der Waals surface area contributed by atoms with E-state index < -0.39 is 17.3 Å². The molecule has 3 amide bonds. The molecule has 0 aliphatic rings. The van der Waals surface area contributed by atoms with E-state index in [1.54, 1.807) is 6.07 Å². The minimum atomic E-state index is -0.796. The molecule has 0 saturated heterocycles. The summed E-state index contributed by atoms with van der Waals surface area (Å²) in [6, 6.07) is 3.87. The van der Waals surface area contributed by atoms with E-state index >= 15 is 0 Å². The molecule has 0 bridgehead atoms. The molecule has 0 saturated carbocycles. The molecule has 0 radical (unpaired) electrons. The highest BCUT2D eigenvalue weighted by Crippen LogP contribution is 2.25. The maximum atomic E-state index is 11.4. The number of alkyl halides is 1. The number of rotatable bonds is 2. The summed E-state index contributed by atoms with van der Waals surface area (Å²) in [7, 11) is 0. The van der Waals surface area contributed by atoms with Gasteiger partial charge in [-0.15, -0.1) is 11.6 Å². The standard InChI is InChI=1S/C10H9Cl3N2O2/c1-5(11)9(16)15-10(17)14-8-4-6(12)2-3-7(8)13/h2-5H,1H3,(H2,14,15,16,17). The van der Waals surface area contributed by atoms with Crippen LogP contribution in [0.1, 0.15) is 6.92 Å². The summed E-state index contributed by atoms with van der Waals surface area (Å²) in [4.78, 5) is 22.5. The molecule has 92 valence electrons. The molecule has 1 aromatic carbocycles. The van der Waals surface area contributed by atoms with Crippen LogP contribution in [-0.2, 0) is 4.79 Å². The summed E-state index contributed by atoms with van der Waals surface area (Å²) in [5.74, 6) is -0.595. The lowest BCUT2D eigenvalue weighted by Crippen LogP contribution is -2.38. The van der Waals surface area contributed by atoms with E-state index in [0.29, 0.717) is 15.7 Å². The number of hydrogen-bond donors (Lipinski definition) is 2. The lowest BCUT2D eigenvalue weighted by Gasteiger charge is -2.09. The van der Waals surface area contributed by atoms with Crippen LogP contribution in [0.25, 0.3) is 0 Å². The van der Waals surface area contributed by atoms with Crippen LogP contribution >= 0.6 is 34.8 Å². The Labute approximate surface area is 113 Å². The van der Waals surface area contributed by atoms with Crippen molar-refractivity contribution in [3.8, 4) is 0 Å². The second-order valence-electron chi connectivity index (χ2n) is 3.18. The van der Waals surface area contributed by atoms with Gasteiger partial charge in [-0.25, -0.2) is 4.79 Å². The lowest BCUT2D eigenvalue weighted by molar-refractivity contribution is -0.119. The van der Waals surface area contributed by atoms with Crippen LogP contribution < -0.4 is 10.6 Å². The van der Waals surface area contributed by atoms with Gasteiger partial charge in [0.1, 0.15) is 5.38 Å². The van der Waals surface area contributed by atoms with Crippen molar-refractivity contribution in [1.82, 2.24) is 5.32 Å².